The number of aromatic nitrogens is 2. The van der Waals surface area contributed by atoms with Gasteiger partial charge in [0.2, 0.25) is 10.0 Å². The van der Waals surface area contributed by atoms with Gasteiger partial charge in [-0.15, -0.1) is 11.3 Å². The summed E-state index contributed by atoms with van der Waals surface area (Å²) in [6.07, 6.45) is 1.32. The van der Waals surface area contributed by atoms with E-state index in [0.29, 0.717) is 19.2 Å². The quantitative estimate of drug-likeness (QED) is 0.562. The largest absolute Gasteiger partial charge is 0.416 e. The first-order chi connectivity index (χ1) is 15.2. The van der Waals surface area contributed by atoms with E-state index in [4.69, 9.17) is 0 Å². The maximum Gasteiger partial charge on any atom is 0.416 e. The Bertz CT molecular complexity index is 1270. The van der Waals surface area contributed by atoms with Crippen molar-refractivity contribution in [2.24, 2.45) is 0 Å². The average Bonchev–Trinajstić information content (AvgIpc) is 3.17. The van der Waals surface area contributed by atoms with Gasteiger partial charge in [-0.3, -0.25) is 0 Å². The number of rotatable bonds is 3. The first-order valence-corrected chi connectivity index (χ1v) is 12.7. The monoisotopic (exact) mass is 482 g/mol. The van der Waals surface area contributed by atoms with Crippen molar-refractivity contribution in [2.45, 2.75) is 36.8 Å². The van der Waals surface area contributed by atoms with Crippen LogP contribution in [0.3, 0.4) is 0 Å². The van der Waals surface area contributed by atoms with Crippen LogP contribution in [0.15, 0.2) is 35.5 Å². The molecule has 11 heteroatoms. The first-order valence-electron chi connectivity index (χ1n) is 10.4. The molecule has 0 atom stereocenters. The molecule has 32 heavy (non-hydrogen) atoms. The molecule has 3 heterocycles. The van der Waals surface area contributed by atoms with Crippen LogP contribution in [-0.2, 0) is 29.0 Å². The fourth-order valence-corrected chi connectivity index (χ4v) is 7.13. The molecule has 2 aromatic heterocycles. The van der Waals surface area contributed by atoms with Crippen molar-refractivity contribution >= 4 is 37.4 Å². The highest BCUT2D eigenvalue weighted by molar-refractivity contribution is 7.89. The summed E-state index contributed by atoms with van der Waals surface area (Å²) in [7, 11) is -4.02. The van der Waals surface area contributed by atoms with E-state index >= 15 is 0 Å². The SMILES string of the molecule is O=S(=O)(c1cccc(C(F)(F)F)c1)N1CCN(c2ncnc3sc4c(c23)CCCC4)CC1. The Kier molecular flexibility index (Phi) is 5.37. The average molecular weight is 483 g/mol. The highest BCUT2D eigenvalue weighted by Gasteiger charge is 2.34. The molecule has 0 unspecified atom stereocenters. The van der Waals surface area contributed by atoms with Crippen LogP contribution in [0.4, 0.5) is 19.0 Å². The third-order valence-electron chi connectivity index (χ3n) is 6.07. The summed E-state index contributed by atoms with van der Waals surface area (Å²) < 4.78 is 66.3. The maximum atomic E-state index is 13.0. The normalized spacial score (nSPS) is 18.2. The lowest BCUT2D eigenvalue weighted by Crippen LogP contribution is -2.49. The minimum Gasteiger partial charge on any atom is -0.353 e. The number of hydrogen-bond donors (Lipinski definition) is 0. The summed E-state index contributed by atoms with van der Waals surface area (Å²) in [5, 5.41) is 1.07. The third kappa shape index (κ3) is 3.75. The molecule has 5 rings (SSSR count). The van der Waals surface area contributed by atoms with Crippen LogP contribution in [0.1, 0.15) is 28.8 Å². The summed E-state index contributed by atoms with van der Waals surface area (Å²) in [6.45, 7) is 1.18. The highest BCUT2D eigenvalue weighted by Crippen LogP contribution is 2.39. The highest BCUT2D eigenvalue weighted by atomic mass is 32.2. The number of fused-ring (bicyclic) bond motifs is 3. The number of thiophene rings is 1. The van der Waals surface area contributed by atoms with E-state index in [1.54, 1.807) is 17.7 Å². The fraction of sp³-hybridized carbons (Fsp3) is 0.429. The van der Waals surface area contributed by atoms with Crippen LogP contribution < -0.4 is 4.90 Å². The topological polar surface area (TPSA) is 66.4 Å². The van der Waals surface area contributed by atoms with Crippen LogP contribution in [-0.4, -0.2) is 48.9 Å². The van der Waals surface area contributed by atoms with E-state index in [2.05, 4.69) is 14.9 Å². The molecule has 6 nitrogen and oxygen atoms in total. The van der Waals surface area contributed by atoms with Gasteiger partial charge >= 0.3 is 6.18 Å². The van der Waals surface area contributed by atoms with Crippen molar-refractivity contribution in [3.05, 3.63) is 46.6 Å². The van der Waals surface area contributed by atoms with E-state index in [9.17, 15) is 21.6 Å². The predicted molar refractivity (Wildman–Crippen MR) is 116 cm³/mol. The molecule has 0 spiro atoms. The lowest BCUT2D eigenvalue weighted by atomic mass is 9.97. The standard InChI is InChI=1S/C21H21F3N4O2S2/c22-21(23,24)14-4-3-5-15(12-14)32(29,30)28-10-8-27(9-11-28)19-18-16-6-1-2-7-17(16)31-20(18)26-13-25-19/h3-5,12-13H,1-2,6-11H2. The van der Waals surface area contributed by atoms with Crippen LogP contribution in [0.25, 0.3) is 10.2 Å². The molecule has 0 bridgehead atoms. The molecule has 0 N–H and O–H groups in total. The van der Waals surface area contributed by atoms with Crippen LogP contribution in [0.2, 0.25) is 0 Å². The molecule has 3 aromatic rings. The second-order valence-electron chi connectivity index (χ2n) is 8.01. The van der Waals surface area contributed by atoms with Gasteiger partial charge in [-0.1, -0.05) is 6.07 Å². The van der Waals surface area contributed by atoms with Gasteiger partial charge in [-0.2, -0.15) is 17.5 Å². The summed E-state index contributed by atoms with van der Waals surface area (Å²) in [6, 6.07) is 3.91. The van der Waals surface area contributed by atoms with Gasteiger partial charge in [0, 0.05) is 31.1 Å². The summed E-state index contributed by atoms with van der Waals surface area (Å²) in [5.74, 6) is 0.825. The smallest absolute Gasteiger partial charge is 0.353 e. The van der Waals surface area contributed by atoms with E-state index < -0.39 is 21.8 Å². The van der Waals surface area contributed by atoms with Crippen molar-refractivity contribution in [2.75, 3.05) is 31.1 Å². The zero-order chi connectivity index (χ0) is 22.5. The minimum absolute atomic E-state index is 0.177. The molecular weight excluding hydrogens is 461 g/mol. The number of nitrogens with zero attached hydrogens (tertiary/aromatic N) is 4. The molecule has 1 aromatic carbocycles. The molecule has 2 aliphatic rings. The minimum atomic E-state index is -4.59. The Balaban J connectivity index is 1.39. The number of halogens is 3. The molecule has 0 radical (unpaired) electrons. The van der Waals surface area contributed by atoms with Gasteiger partial charge in [0.1, 0.15) is 17.0 Å². The van der Waals surface area contributed by atoms with Crippen LogP contribution in [0, 0.1) is 0 Å². The van der Waals surface area contributed by atoms with Crippen LogP contribution >= 0.6 is 11.3 Å². The lowest BCUT2D eigenvalue weighted by molar-refractivity contribution is -0.137. The molecule has 0 amide bonds. The van der Waals surface area contributed by atoms with E-state index in [0.717, 1.165) is 47.4 Å². The summed E-state index contributed by atoms with van der Waals surface area (Å²) >= 11 is 1.71. The molecule has 1 saturated heterocycles. The number of piperazine rings is 1. The maximum absolute atomic E-state index is 13.0. The van der Waals surface area contributed by atoms with Crippen molar-refractivity contribution in [1.82, 2.24) is 14.3 Å². The fourth-order valence-electron chi connectivity index (χ4n) is 4.44. The van der Waals surface area contributed by atoms with Crippen molar-refractivity contribution in [1.29, 1.82) is 0 Å². The lowest BCUT2D eigenvalue weighted by Gasteiger charge is -2.35. The van der Waals surface area contributed by atoms with Crippen molar-refractivity contribution in [3.8, 4) is 0 Å². The molecule has 1 fully saturated rings. The van der Waals surface area contributed by atoms with Gasteiger partial charge in [-0.25, -0.2) is 18.4 Å². The third-order valence-corrected chi connectivity index (χ3v) is 9.16. The second kappa shape index (κ2) is 7.96. The van der Waals surface area contributed by atoms with Gasteiger partial charge in [0.25, 0.3) is 0 Å². The Hall–Kier alpha value is -2.24. The van der Waals surface area contributed by atoms with Crippen molar-refractivity contribution < 1.29 is 21.6 Å². The van der Waals surface area contributed by atoms with Gasteiger partial charge in [-0.05, 0) is 49.4 Å². The van der Waals surface area contributed by atoms with E-state index in [1.165, 1.54) is 27.2 Å². The molecule has 1 aliphatic heterocycles. The van der Waals surface area contributed by atoms with Crippen LogP contribution in [0.5, 0.6) is 0 Å². The zero-order valence-corrected chi connectivity index (χ0v) is 18.7. The number of aryl methyl sites for hydroxylation is 2. The van der Waals surface area contributed by atoms with Gasteiger partial charge in [0.15, 0.2) is 0 Å². The number of benzene rings is 1. The summed E-state index contributed by atoms with van der Waals surface area (Å²) in [5.41, 5.74) is 0.341. The van der Waals surface area contributed by atoms with Gasteiger partial charge in [0.05, 0.1) is 15.8 Å². The molecule has 170 valence electrons. The molecular formula is C21H21F3N4O2S2. The second-order valence-corrected chi connectivity index (χ2v) is 11.0. The Morgan fingerprint density at radius 1 is 1.00 bits per heavy atom. The Labute approximate surface area is 187 Å². The number of sulfonamides is 1. The predicted octanol–water partition coefficient (Wildman–Crippen LogP) is 4.10. The first kappa shape index (κ1) is 21.6. The number of alkyl halides is 3. The van der Waals surface area contributed by atoms with E-state index in [1.807, 2.05) is 0 Å². The van der Waals surface area contributed by atoms with Gasteiger partial charge < -0.3 is 4.90 Å². The number of hydrogen-bond acceptors (Lipinski definition) is 6. The molecule has 1 aliphatic carbocycles. The summed E-state index contributed by atoms with van der Waals surface area (Å²) in [4.78, 5) is 13.0. The Morgan fingerprint density at radius 3 is 2.50 bits per heavy atom. The number of anilines is 1. The molecule has 0 saturated carbocycles. The van der Waals surface area contributed by atoms with Crippen molar-refractivity contribution in [3.63, 3.8) is 0 Å². The zero-order valence-electron chi connectivity index (χ0n) is 17.1. The Morgan fingerprint density at radius 2 is 1.75 bits per heavy atom. The van der Waals surface area contributed by atoms with E-state index in [-0.39, 0.29) is 18.0 Å².